The lowest BCUT2D eigenvalue weighted by molar-refractivity contribution is -0.118. The molecule has 4 nitrogen and oxygen atoms in total. The predicted octanol–water partition coefficient (Wildman–Crippen LogP) is 6.16. The predicted molar refractivity (Wildman–Crippen MR) is 133 cm³/mol. The van der Waals surface area contributed by atoms with E-state index in [0.717, 1.165) is 35.3 Å². The van der Waals surface area contributed by atoms with Crippen molar-refractivity contribution >= 4 is 35.0 Å². The number of nitrogens with zero attached hydrogens (tertiary/aromatic N) is 1. The molecule has 1 heterocycles. The molecular weight excluding hydrogens is 416 g/mol. The van der Waals surface area contributed by atoms with Crippen molar-refractivity contribution in [2.24, 2.45) is 0 Å². The minimum Gasteiger partial charge on any atom is -0.326 e. The smallest absolute Gasteiger partial charge is 0.238 e. The number of carbonyl (C=O) groups is 2. The van der Waals surface area contributed by atoms with Crippen LogP contribution in [-0.4, -0.2) is 17.6 Å². The summed E-state index contributed by atoms with van der Waals surface area (Å²) in [5.74, 6) is 0.415. The summed E-state index contributed by atoms with van der Waals surface area (Å²) in [5.41, 5.74) is 5.00. The number of nitrogens with one attached hydrogen (secondary N) is 1. The van der Waals surface area contributed by atoms with Crippen molar-refractivity contribution < 1.29 is 9.59 Å². The van der Waals surface area contributed by atoms with Gasteiger partial charge in [-0.2, -0.15) is 0 Å². The fourth-order valence-electron chi connectivity index (χ4n) is 4.19. The van der Waals surface area contributed by atoms with Crippen LogP contribution in [0.2, 0.25) is 0 Å². The summed E-state index contributed by atoms with van der Waals surface area (Å²) in [4.78, 5) is 27.5. The number of amides is 2. The molecule has 0 bridgehead atoms. The highest BCUT2D eigenvalue weighted by Crippen LogP contribution is 2.43. The molecule has 0 unspecified atom stereocenters. The Morgan fingerprint density at radius 3 is 2.38 bits per heavy atom. The molecule has 1 fully saturated rings. The Bertz CT molecular complexity index is 1080. The molecule has 164 valence electrons. The van der Waals surface area contributed by atoms with Crippen LogP contribution in [0.1, 0.15) is 48.3 Å². The summed E-state index contributed by atoms with van der Waals surface area (Å²) in [7, 11) is 0. The summed E-state index contributed by atoms with van der Waals surface area (Å²) in [5, 5.41) is 2.99. The second-order valence-electron chi connectivity index (χ2n) is 7.89. The van der Waals surface area contributed by atoms with Gasteiger partial charge in [0.2, 0.25) is 11.8 Å². The van der Waals surface area contributed by atoms with Gasteiger partial charge in [-0.3, -0.25) is 14.5 Å². The van der Waals surface area contributed by atoms with Crippen LogP contribution >= 0.6 is 11.8 Å². The van der Waals surface area contributed by atoms with Crippen LogP contribution in [0, 0.1) is 0 Å². The monoisotopic (exact) mass is 444 g/mol. The van der Waals surface area contributed by atoms with E-state index in [1.54, 1.807) is 11.8 Å². The summed E-state index contributed by atoms with van der Waals surface area (Å²) in [6.45, 7) is 4.13. The lowest BCUT2D eigenvalue weighted by atomic mass is 9.95. The Morgan fingerprint density at radius 2 is 1.69 bits per heavy atom. The number of para-hydroxylation sites is 1. The fourth-order valence-corrected chi connectivity index (χ4v) is 5.36. The van der Waals surface area contributed by atoms with Crippen molar-refractivity contribution in [3.8, 4) is 0 Å². The van der Waals surface area contributed by atoms with Crippen LogP contribution < -0.4 is 10.2 Å². The number of aryl methyl sites for hydroxylation is 1. The highest BCUT2D eigenvalue weighted by molar-refractivity contribution is 8.00. The van der Waals surface area contributed by atoms with Gasteiger partial charge in [-0.25, -0.2) is 0 Å². The van der Waals surface area contributed by atoms with E-state index in [0.29, 0.717) is 5.75 Å². The topological polar surface area (TPSA) is 49.4 Å². The second-order valence-corrected chi connectivity index (χ2v) is 8.96. The number of carbonyl (C=O) groups excluding carboxylic acids is 2. The van der Waals surface area contributed by atoms with E-state index < -0.39 is 0 Å². The van der Waals surface area contributed by atoms with Crippen molar-refractivity contribution in [3.63, 3.8) is 0 Å². The Morgan fingerprint density at radius 1 is 1.00 bits per heavy atom. The third kappa shape index (κ3) is 4.58. The summed E-state index contributed by atoms with van der Waals surface area (Å²) in [6.07, 6.45) is 1.61. The average Bonchev–Trinajstić information content (AvgIpc) is 3.21. The number of benzene rings is 3. The van der Waals surface area contributed by atoms with Crippen LogP contribution in [0.15, 0.2) is 78.9 Å². The highest BCUT2D eigenvalue weighted by atomic mass is 32.2. The first kappa shape index (κ1) is 22.2. The van der Waals surface area contributed by atoms with Crippen LogP contribution in [-0.2, 0) is 16.0 Å². The van der Waals surface area contributed by atoms with Crippen molar-refractivity contribution in [1.82, 2.24) is 0 Å². The molecule has 0 aromatic heterocycles. The summed E-state index contributed by atoms with van der Waals surface area (Å²) < 4.78 is 0. The Hall–Kier alpha value is -3.05. The number of anilines is 2. The van der Waals surface area contributed by atoms with Crippen LogP contribution in [0.3, 0.4) is 0 Å². The molecule has 3 aromatic carbocycles. The van der Waals surface area contributed by atoms with Gasteiger partial charge in [-0.05, 0) is 47.7 Å². The molecule has 1 N–H and O–H groups in total. The van der Waals surface area contributed by atoms with Gasteiger partial charge < -0.3 is 5.32 Å². The second kappa shape index (κ2) is 10.0. The first-order valence-electron chi connectivity index (χ1n) is 11.1. The quantitative estimate of drug-likeness (QED) is 0.475. The van der Waals surface area contributed by atoms with E-state index in [1.807, 2.05) is 84.6 Å². The van der Waals surface area contributed by atoms with E-state index in [4.69, 9.17) is 0 Å². The molecule has 0 aliphatic carbocycles. The first-order valence-corrected chi connectivity index (χ1v) is 12.1. The van der Waals surface area contributed by atoms with Crippen LogP contribution in [0.5, 0.6) is 0 Å². The third-order valence-electron chi connectivity index (χ3n) is 5.89. The molecule has 1 aliphatic rings. The molecule has 4 rings (SSSR count). The maximum absolute atomic E-state index is 12.9. The van der Waals surface area contributed by atoms with Gasteiger partial charge in [0, 0.05) is 11.4 Å². The Labute approximate surface area is 194 Å². The third-order valence-corrected chi connectivity index (χ3v) is 7.10. The molecule has 2 amide bonds. The number of thioether (sulfide) groups is 1. The minimum atomic E-state index is -0.181. The van der Waals surface area contributed by atoms with Gasteiger partial charge in [0.25, 0.3) is 0 Å². The number of hydrogen-bond donors (Lipinski definition) is 1. The minimum absolute atomic E-state index is 0.00429. The molecule has 5 heteroatoms. The normalized spacial score (nSPS) is 16.8. The summed E-state index contributed by atoms with van der Waals surface area (Å²) in [6, 6.07) is 25.9. The molecule has 3 aromatic rings. The molecule has 0 radical (unpaired) electrons. The molecule has 2 atom stereocenters. The van der Waals surface area contributed by atoms with E-state index in [9.17, 15) is 9.59 Å². The SMILES string of the molecule is CCc1ccccc1N1C(=O)CS[C@@H]1c1ccc(NC(=O)[C@H](CC)c2ccccc2)cc1. The van der Waals surface area contributed by atoms with E-state index in [-0.39, 0.29) is 23.1 Å². The average molecular weight is 445 g/mol. The first-order chi connectivity index (χ1) is 15.6. The van der Waals surface area contributed by atoms with Crippen molar-refractivity contribution in [3.05, 3.63) is 95.6 Å². The maximum atomic E-state index is 12.9. The van der Waals surface area contributed by atoms with Crippen LogP contribution in [0.4, 0.5) is 11.4 Å². The molecular formula is C27H28N2O2S. The largest absolute Gasteiger partial charge is 0.326 e. The number of hydrogen-bond acceptors (Lipinski definition) is 3. The molecule has 1 saturated heterocycles. The maximum Gasteiger partial charge on any atom is 0.238 e. The van der Waals surface area contributed by atoms with Crippen molar-refractivity contribution in [2.75, 3.05) is 16.0 Å². The lowest BCUT2D eigenvalue weighted by Gasteiger charge is -2.26. The summed E-state index contributed by atoms with van der Waals surface area (Å²) >= 11 is 1.64. The van der Waals surface area contributed by atoms with Crippen molar-refractivity contribution in [1.29, 1.82) is 0 Å². The molecule has 0 spiro atoms. The van der Waals surface area contributed by atoms with Gasteiger partial charge >= 0.3 is 0 Å². The Balaban J connectivity index is 1.52. The zero-order chi connectivity index (χ0) is 22.5. The number of rotatable bonds is 7. The van der Waals surface area contributed by atoms with Crippen LogP contribution in [0.25, 0.3) is 0 Å². The van der Waals surface area contributed by atoms with Gasteiger partial charge in [0.1, 0.15) is 5.37 Å². The van der Waals surface area contributed by atoms with E-state index in [1.165, 1.54) is 5.56 Å². The molecule has 32 heavy (non-hydrogen) atoms. The van der Waals surface area contributed by atoms with Gasteiger partial charge in [0.15, 0.2) is 0 Å². The highest BCUT2D eigenvalue weighted by Gasteiger charge is 2.34. The van der Waals surface area contributed by atoms with Gasteiger partial charge in [-0.1, -0.05) is 74.5 Å². The fraction of sp³-hybridized carbons (Fsp3) is 0.259. The van der Waals surface area contributed by atoms with E-state index in [2.05, 4.69) is 18.3 Å². The van der Waals surface area contributed by atoms with Gasteiger partial charge in [-0.15, -0.1) is 11.8 Å². The zero-order valence-electron chi connectivity index (χ0n) is 18.5. The van der Waals surface area contributed by atoms with E-state index >= 15 is 0 Å². The molecule has 1 aliphatic heterocycles. The van der Waals surface area contributed by atoms with Gasteiger partial charge in [0.05, 0.1) is 11.7 Å². The Kier molecular flexibility index (Phi) is 6.96. The lowest BCUT2D eigenvalue weighted by Crippen LogP contribution is -2.28. The molecule has 0 saturated carbocycles. The standard InChI is InChI=1S/C27H28N2O2S/c1-3-19-10-8-9-13-24(19)29-25(30)18-32-27(29)21-14-16-22(17-15-21)28-26(31)23(4-2)20-11-6-5-7-12-20/h5-17,23,27H,3-4,18H2,1-2H3,(H,28,31)/t23-,27-/m1/s1. The van der Waals surface area contributed by atoms with Crippen molar-refractivity contribution in [2.45, 2.75) is 38.0 Å². The zero-order valence-corrected chi connectivity index (χ0v) is 19.3.